The molecule has 0 amide bonds. The lowest BCUT2D eigenvalue weighted by Gasteiger charge is -2.43. The lowest BCUT2D eigenvalue weighted by atomic mass is 9.79. The number of hydrogen-bond donors (Lipinski definition) is 0. The molecule has 0 atom stereocenters. The van der Waals surface area contributed by atoms with Gasteiger partial charge in [-0.3, -0.25) is 0 Å². The Kier molecular flexibility index (Phi) is 9.09. The van der Waals surface area contributed by atoms with Gasteiger partial charge in [-0.2, -0.15) is 26.3 Å². The Hall–Kier alpha value is -2.18. The van der Waals surface area contributed by atoms with Crippen molar-refractivity contribution in [2.24, 2.45) is 5.41 Å². The minimum Gasteiger partial charge on any atom is -0.456 e. The van der Waals surface area contributed by atoms with E-state index in [1.54, 1.807) is 0 Å². The van der Waals surface area contributed by atoms with Crippen LogP contribution in [0.2, 0.25) is 0 Å². The zero-order valence-electron chi connectivity index (χ0n) is 17.8. The van der Waals surface area contributed by atoms with Crippen LogP contribution in [0.4, 0.5) is 35.1 Å². The second-order valence-corrected chi connectivity index (χ2v) is 7.95. The zero-order valence-corrected chi connectivity index (χ0v) is 17.8. The molecular formula is C19H24F8O5. The molecule has 0 saturated heterocycles. The summed E-state index contributed by atoms with van der Waals surface area (Å²) in [4.78, 5) is 21.8. The largest absolute Gasteiger partial charge is 0.456 e. The fourth-order valence-corrected chi connectivity index (χ4v) is 2.29. The summed E-state index contributed by atoms with van der Waals surface area (Å²) in [6, 6.07) is 0. The summed E-state index contributed by atoms with van der Waals surface area (Å²) in [5, 5.41) is 0. The molecule has 5 nitrogen and oxygen atoms in total. The third-order valence-electron chi connectivity index (χ3n) is 4.33. The van der Waals surface area contributed by atoms with Crippen molar-refractivity contribution in [2.45, 2.75) is 63.6 Å². The second kappa shape index (κ2) is 9.75. The highest BCUT2D eigenvalue weighted by Crippen LogP contribution is 2.54. The Morgan fingerprint density at radius 1 is 0.781 bits per heavy atom. The van der Waals surface area contributed by atoms with E-state index in [-0.39, 0.29) is 0 Å². The summed E-state index contributed by atoms with van der Waals surface area (Å²) in [6.07, 6.45) is -6.57. The van der Waals surface area contributed by atoms with E-state index in [2.05, 4.69) is 27.4 Å². The number of carbonyl (C=O) groups excluding carboxylic acids is 2. The lowest BCUT2D eigenvalue weighted by molar-refractivity contribution is -0.422. The molecule has 13 heteroatoms. The van der Waals surface area contributed by atoms with Crippen LogP contribution in [-0.2, 0) is 23.8 Å². The van der Waals surface area contributed by atoms with Gasteiger partial charge in [-0.25, -0.2) is 18.4 Å². The van der Waals surface area contributed by atoms with Crippen LogP contribution in [0.5, 0.6) is 0 Å². The van der Waals surface area contributed by atoms with Crippen LogP contribution >= 0.6 is 0 Å². The summed E-state index contributed by atoms with van der Waals surface area (Å²) in [6.45, 7) is 3.70. The monoisotopic (exact) mass is 484 g/mol. The van der Waals surface area contributed by atoms with Crippen LogP contribution in [0.25, 0.3) is 0 Å². The highest BCUT2D eigenvalue weighted by Gasteiger charge is 2.70. The average Bonchev–Trinajstić information content (AvgIpc) is 2.62. The molecule has 0 N–H and O–H groups in total. The van der Waals surface area contributed by atoms with Crippen molar-refractivity contribution >= 4 is 11.9 Å². The van der Waals surface area contributed by atoms with E-state index < -0.39 is 66.5 Å². The van der Waals surface area contributed by atoms with Gasteiger partial charge in [0.25, 0.3) is 5.92 Å². The van der Waals surface area contributed by atoms with E-state index in [0.29, 0.717) is 39.8 Å². The number of alkyl halides is 8. The van der Waals surface area contributed by atoms with E-state index in [4.69, 9.17) is 0 Å². The molecule has 0 heterocycles. The van der Waals surface area contributed by atoms with Crippen LogP contribution in [0, 0.1) is 5.41 Å². The van der Waals surface area contributed by atoms with Crippen LogP contribution in [0.15, 0.2) is 25.3 Å². The van der Waals surface area contributed by atoms with Gasteiger partial charge in [0.2, 0.25) is 0 Å². The average molecular weight is 484 g/mol. The van der Waals surface area contributed by atoms with Gasteiger partial charge in [0.15, 0.2) is 13.2 Å². The molecule has 0 bridgehead atoms. The lowest BCUT2D eigenvalue weighted by Crippen LogP contribution is -2.60. The molecule has 186 valence electrons. The molecule has 0 aromatic rings. The molecule has 32 heavy (non-hydrogen) atoms. The van der Waals surface area contributed by atoms with Crippen molar-refractivity contribution in [3.05, 3.63) is 25.3 Å². The zero-order chi connectivity index (χ0) is 25.8. The quantitative estimate of drug-likeness (QED) is 0.206. The second-order valence-electron chi connectivity index (χ2n) is 7.95. The van der Waals surface area contributed by atoms with Crippen molar-refractivity contribution in [1.82, 2.24) is 0 Å². The van der Waals surface area contributed by atoms with Crippen molar-refractivity contribution in [3.63, 3.8) is 0 Å². The third kappa shape index (κ3) is 7.17. The Morgan fingerprint density at radius 3 is 1.59 bits per heavy atom. The first-order valence-electron chi connectivity index (χ1n) is 8.87. The first kappa shape index (κ1) is 29.8. The predicted molar refractivity (Wildman–Crippen MR) is 95.7 cm³/mol. The van der Waals surface area contributed by atoms with Crippen LogP contribution in [0.1, 0.15) is 34.1 Å². The summed E-state index contributed by atoms with van der Waals surface area (Å²) in [5.41, 5.74) is -6.57. The molecule has 0 rings (SSSR count). The van der Waals surface area contributed by atoms with Gasteiger partial charge >= 0.3 is 29.9 Å². The number of ether oxygens (including phenoxy) is 3. The topological polar surface area (TPSA) is 61.8 Å². The van der Waals surface area contributed by atoms with E-state index in [0.717, 1.165) is 0 Å². The maximum absolute atomic E-state index is 14.6. The van der Waals surface area contributed by atoms with Gasteiger partial charge in [0, 0.05) is 24.0 Å². The van der Waals surface area contributed by atoms with Gasteiger partial charge in [0.1, 0.15) is 5.60 Å². The van der Waals surface area contributed by atoms with Gasteiger partial charge in [-0.05, 0) is 13.8 Å². The Bertz CT molecular complexity index is 717. The first-order chi connectivity index (χ1) is 14.1. The van der Waals surface area contributed by atoms with Crippen molar-refractivity contribution in [1.29, 1.82) is 0 Å². The number of rotatable bonds is 13. The van der Waals surface area contributed by atoms with Gasteiger partial charge in [0.05, 0.1) is 0 Å². The Morgan fingerprint density at radius 2 is 1.19 bits per heavy atom. The first-order valence-corrected chi connectivity index (χ1v) is 8.87. The number of carbonyl (C=O) groups is 2. The highest BCUT2D eigenvalue weighted by molar-refractivity contribution is 5.81. The Labute approximate surface area is 179 Å². The fraction of sp³-hybridized carbons (Fsp3) is 0.684. The van der Waals surface area contributed by atoms with Gasteiger partial charge in [-0.1, -0.05) is 27.0 Å². The van der Waals surface area contributed by atoms with Crippen molar-refractivity contribution in [2.75, 3.05) is 13.2 Å². The smallest absolute Gasteiger partial charge is 0.420 e. The summed E-state index contributed by atoms with van der Waals surface area (Å²) < 4.78 is 126. The maximum atomic E-state index is 14.6. The molecule has 0 radical (unpaired) electrons. The number of esters is 2. The summed E-state index contributed by atoms with van der Waals surface area (Å²) in [7, 11) is 0. The molecule has 0 aliphatic carbocycles. The minimum atomic E-state index is -5.67. The standard InChI is InChI=1S/C19H24F8O5/c1-7-12(28)30-10-16(20,21)9-14(3,4)18(24,25)19(26,27)32-15(5,6)17(22,23)11-31-13(29)8-2/h7-8H,1-2,9-11H2,3-6H3. The summed E-state index contributed by atoms with van der Waals surface area (Å²) in [5.74, 6) is -16.6. The summed E-state index contributed by atoms with van der Waals surface area (Å²) >= 11 is 0. The van der Waals surface area contributed by atoms with Gasteiger partial charge < -0.3 is 14.2 Å². The van der Waals surface area contributed by atoms with Crippen LogP contribution in [-0.4, -0.2) is 54.6 Å². The molecule has 0 aromatic heterocycles. The molecule has 0 aromatic carbocycles. The number of hydrogen-bond acceptors (Lipinski definition) is 5. The van der Waals surface area contributed by atoms with Crippen molar-refractivity contribution < 1.29 is 58.9 Å². The molecule has 0 saturated carbocycles. The van der Waals surface area contributed by atoms with Gasteiger partial charge in [-0.15, -0.1) is 0 Å². The SMILES string of the molecule is C=CC(=O)OCC(F)(F)CC(C)(C)C(F)(F)C(F)(F)OC(C)(C)C(F)(F)COC(=O)C=C. The molecule has 0 spiro atoms. The van der Waals surface area contributed by atoms with Crippen LogP contribution < -0.4 is 0 Å². The van der Waals surface area contributed by atoms with E-state index >= 15 is 0 Å². The Balaban J connectivity index is 5.67. The van der Waals surface area contributed by atoms with Crippen LogP contribution in [0.3, 0.4) is 0 Å². The molecular weight excluding hydrogens is 460 g/mol. The highest BCUT2D eigenvalue weighted by atomic mass is 19.3. The van der Waals surface area contributed by atoms with E-state index in [1.165, 1.54) is 0 Å². The predicted octanol–water partition coefficient (Wildman–Crippen LogP) is 5.16. The fourth-order valence-electron chi connectivity index (χ4n) is 2.29. The third-order valence-corrected chi connectivity index (χ3v) is 4.33. The van der Waals surface area contributed by atoms with E-state index in [1.807, 2.05) is 0 Å². The molecule has 0 fully saturated rings. The minimum absolute atomic E-state index is 0.328. The molecule has 0 unspecified atom stereocenters. The number of halogens is 8. The normalized spacial score (nSPS) is 14.0. The maximum Gasteiger partial charge on any atom is 0.420 e. The van der Waals surface area contributed by atoms with Crippen molar-refractivity contribution in [3.8, 4) is 0 Å². The molecule has 0 aliphatic heterocycles. The molecule has 0 aliphatic rings. The van der Waals surface area contributed by atoms with E-state index in [9.17, 15) is 44.7 Å².